The minimum Gasteiger partial charge on any atom is -0.347 e. The number of hydrogen-bond donors (Lipinski definition) is 1. The molecule has 5 heteroatoms. The van der Waals surface area contributed by atoms with E-state index in [2.05, 4.69) is 39.9 Å². The zero-order valence-electron chi connectivity index (χ0n) is 9.47. The topological polar surface area (TPSA) is 46.9 Å². The summed E-state index contributed by atoms with van der Waals surface area (Å²) in [5.74, 6) is -0.0562. The predicted molar refractivity (Wildman–Crippen MR) is 67.8 cm³/mol. The second-order valence-electron chi connectivity index (χ2n) is 4.16. The maximum absolute atomic E-state index is 11.9. The van der Waals surface area contributed by atoms with Crippen molar-refractivity contribution in [3.63, 3.8) is 0 Å². The SMILES string of the molecule is CCC(C)(C)NC(=O)c1cnn(C)c1I. The second-order valence-corrected chi connectivity index (χ2v) is 5.19. The van der Waals surface area contributed by atoms with Crippen molar-refractivity contribution in [1.82, 2.24) is 15.1 Å². The zero-order valence-corrected chi connectivity index (χ0v) is 11.6. The summed E-state index contributed by atoms with van der Waals surface area (Å²) in [4.78, 5) is 11.9. The van der Waals surface area contributed by atoms with E-state index in [9.17, 15) is 4.79 Å². The molecule has 0 fully saturated rings. The van der Waals surface area contributed by atoms with Gasteiger partial charge in [-0.2, -0.15) is 5.10 Å². The van der Waals surface area contributed by atoms with Gasteiger partial charge in [-0.25, -0.2) is 0 Å². The summed E-state index contributed by atoms with van der Waals surface area (Å²) in [7, 11) is 1.82. The monoisotopic (exact) mass is 321 g/mol. The molecule has 0 aliphatic carbocycles. The van der Waals surface area contributed by atoms with Crippen molar-refractivity contribution in [1.29, 1.82) is 0 Å². The summed E-state index contributed by atoms with van der Waals surface area (Å²) < 4.78 is 2.55. The van der Waals surface area contributed by atoms with Crippen LogP contribution in [-0.2, 0) is 7.05 Å². The fourth-order valence-electron chi connectivity index (χ4n) is 1.04. The highest BCUT2D eigenvalue weighted by atomic mass is 127. The first-order valence-electron chi connectivity index (χ1n) is 4.87. The Hall–Kier alpha value is -0.590. The van der Waals surface area contributed by atoms with Gasteiger partial charge in [0.2, 0.25) is 0 Å². The van der Waals surface area contributed by atoms with E-state index >= 15 is 0 Å². The van der Waals surface area contributed by atoms with E-state index in [1.165, 1.54) is 0 Å². The summed E-state index contributed by atoms with van der Waals surface area (Å²) in [6.45, 7) is 6.07. The molecule has 4 nitrogen and oxygen atoms in total. The van der Waals surface area contributed by atoms with Gasteiger partial charge in [-0.15, -0.1) is 0 Å². The van der Waals surface area contributed by atoms with Gasteiger partial charge in [-0.1, -0.05) is 6.92 Å². The van der Waals surface area contributed by atoms with E-state index in [1.54, 1.807) is 10.9 Å². The van der Waals surface area contributed by atoms with Crippen LogP contribution in [0, 0.1) is 3.70 Å². The van der Waals surface area contributed by atoms with Gasteiger partial charge in [0.25, 0.3) is 5.91 Å². The molecule has 0 aromatic carbocycles. The summed E-state index contributed by atoms with van der Waals surface area (Å²) in [6, 6.07) is 0. The van der Waals surface area contributed by atoms with E-state index in [1.807, 2.05) is 20.9 Å². The highest BCUT2D eigenvalue weighted by molar-refractivity contribution is 14.1. The van der Waals surface area contributed by atoms with Crippen LogP contribution in [0.1, 0.15) is 37.6 Å². The molecule has 0 saturated carbocycles. The molecule has 0 bridgehead atoms. The van der Waals surface area contributed by atoms with Crippen LogP contribution in [0.4, 0.5) is 0 Å². The van der Waals surface area contributed by atoms with Crippen molar-refractivity contribution < 1.29 is 4.79 Å². The Morgan fingerprint density at radius 3 is 2.67 bits per heavy atom. The molecule has 0 atom stereocenters. The number of nitrogens with one attached hydrogen (secondary N) is 1. The number of nitrogens with zero attached hydrogens (tertiary/aromatic N) is 2. The number of aromatic nitrogens is 2. The zero-order chi connectivity index (χ0) is 11.6. The summed E-state index contributed by atoms with van der Waals surface area (Å²) in [5, 5.41) is 7.02. The number of amides is 1. The lowest BCUT2D eigenvalue weighted by atomic mass is 10.0. The quantitative estimate of drug-likeness (QED) is 0.865. The van der Waals surface area contributed by atoms with Crippen LogP contribution in [0.3, 0.4) is 0 Å². The Bertz CT molecular complexity index is 371. The Kier molecular flexibility index (Phi) is 3.75. The van der Waals surface area contributed by atoms with E-state index in [0.29, 0.717) is 5.56 Å². The van der Waals surface area contributed by atoms with Crippen LogP contribution in [0.5, 0.6) is 0 Å². The molecule has 1 amide bonds. The van der Waals surface area contributed by atoms with Crippen LogP contribution in [0.25, 0.3) is 0 Å². The molecule has 0 aliphatic heterocycles. The summed E-state index contributed by atoms with van der Waals surface area (Å²) in [5.41, 5.74) is 0.468. The fourth-order valence-corrected chi connectivity index (χ4v) is 1.55. The standard InChI is InChI=1S/C10H16IN3O/c1-5-10(2,3)13-9(15)7-6-12-14(4)8(7)11/h6H,5H2,1-4H3,(H,13,15). The van der Waals surface area contributed by atoms with Crippen LogP contribution in [0.2, 0.25) is 0 Å². The van der Waals surface area contributed by atoms with Gasteiger partial charge in [-0.05, 0) is 42.9 Å². The van der Waals surface area contributed by atoms with Gasteiger partial charge < -0.3 is 5.32 Å². The Morgan fingerprint density at radius 2 is 2.27 bits per heavy atom. The van der Waals surface area contributed by atoms with Crippen LogP contribution in [0.15, 0.2) is 6.20 Å². The predicted octanol–water partition coefficient (Wildman–Crippen LogP) is 1.94. The first-order valence-corrected chi connectivity index (χ1v) is 5.95. The van der Waals surface area contributed by atoms with E-state index in [0.717, 1.165) is 10.1 Å². The lowest BCUT2D eigenvalue weighted by Gasteiger charge is -2.24. The van der Waals surface area contributed by atoms with Crippen molar-refractivity contribution in [3.05, 3.63) is 15.5 Å². The van der Waals surface area contributed by atoms with Crippen LogP contribution < -0.4 is 5.32 Å². The third-order valence-corrected chi connectivity index (χ3v) is 3.73. The van der Waals surface area contributed by atoms with Gasteiger partial charge >= 0.3 is 0 Å². The van der Waals surface area contributed by atoms with Gasteiger partial charge in [0.05, 0.1) is 11.8 Å². The molecule has 84 valence electrons. The maximum atomic E-state index is 11.9. The van der Waals surface area contributed by atoms with Crippen molar-refractivity contribution in [2.24, 2.45) is 7.05 Å². The summed E-state index contributed by atoms with van der Waals surface area (Å²) in [6.07, 6.45) is 2.50. The molecular formula is C10H16IN3O. The molecule has 1 aromatic heterocycles. The van der Waals surface area contributed by atoms with Gasteiger partial charge in [0.1, 0.15) is 3.70 Å². The molecule has 0 radical (unpaired) electrons. The second kappa shape index (κ2) is 4.51. The molecular weight excluding hydrogens is 305 g/mol. The first kappa shape index (κ1) is 12.5. The first-order chi connectivity index (χ1) is 6.87. The molecule has 15 heavy (non-hydrogen) atoms. The van der Waals surface area contributed by atoms with Crippen molar-refractivity contribution >= 4 is 28.5 Å². The normalized spacial score (nSPS) is 11.5. The van der Waals surface area contributed by atoms with Crippen LogP contribution in [-0.4, -0.2) is 21.2 Å². The van der Waals surface area contributed by atoms with Gasteiger partial charge in [0.15, 0.2) is 0 Å². The highest BCUT2D eigenvalue weighted by Crippen LogP contribution is 2.13. The number of aryl methyl sites for hydroxylation is 1. The Morgan fingerprint density at radius 1 is 1.67 bits per heavy atom. The van der Waals surface area contributed by atoms with Crippen molar-refractivity contribution in [3.8, 4) is 0 Å². The highest BCUT2D eigenvalue weighted by Gasteiger charge is 2.21. The van der Waals surface area contributed by atoms with Crippen molar-refractivity contribution in [2.45, 2.75) is 32.7 Å². The Balaban J connectivity index is 2.83. The third-order valence-electron chi connectivity index (χ3n) is 2.45. The van der Waals surface area contributed by atoms with Crippen molar-refractivity contribution in [2.75, 3.05) is 0 Å². The molecule has 0 aliphatic rings. The average molecular weight is 321 g/mol. The van der Waals surface area contributed by atoms with Gasteiger partial charge in [0, 0.05) is 12.6 Å². The number of halogens is 1. The summed E-state index contributed by atoms with van der Waals surface area (Å²) >= 11 is 2.12. The smallest absolute Gasteiger partial charge is 0.255 e. The molecule has 1 aromatic rings. The van der Waals surface area contributed by atoms with E-state index in [4.69, 9.17) is 0 Å². The van der Waals surface area contributed by atoms with Gasteiger partial charge in [-0.3, -0.25) is 9.48 Å². The molecule has 1 rings (SSSR count). The fraction of sp³-hybridized carbons (Fsp3) is 0.600. The molecule has 0 unspecified atom stereocenters. The van der Waals surface area contributed by atoms with Crippen LogP contribution >= 0.6 is 22.6 Å². The number of rotatable bonds is 3. The lowest BCUT2D eigenvalue weighted by Crippen LogP contribution is -2.42. The van der Waals surface area contributed by atoms with E-state index in [-0.39, 0.29) is 11.4 Å². The molecule has 1 N–H and O–H groups in total. The largest absolute Gasteiger partial charge is 0.347 e. The molecule has 0 saturated heterocycles. The number of carbonyl (C=O) groups excluding carboxylic acids is 1. The third kappa shape index (κ3) is 2.93. The average Bonchev–Trinajstić information content (AvgIpc) is 2.47. The number of carbonyl (C=O) groups is 1. The lowest BCUT2D eigenvalue weighted by molar-refractivity contribution is 0.0910. The molecule has 0 spiro atoms. The minimum atomic E-state index is -0.171. The minimum absolute atomic E-state index is 0.0562. The maximum Gasteiger partial charge on any atom is 0.255 e. The Labute approximate surface area is 104 Å². The van der Waals surface area contributed by atoms with E-state index < -0.39 is 0 Å². The molecule has 1 heterocycles. The number of hydrogen-bond acceptors (Lipinski definition) is 2.